The standard InChI is InChI=1S/C12H11BrF2N2O3/c13-10-6-8(17(19)20)2-3-9(10)11(18)16-5-1-4-12(14,15)7-16/h2-3,6H,1,4-5,7H2. The van der Waals surface area contributed by atoms with E-state index in [-0.39, 0.29) is 35.1 Å². The maximum atomic E-state index is 13.3. The van der Waals surface area contributed by atoms with Crippen LogP contribution in [0.25, 0.3) is 0 Å². The molecule has 0 bridgehead atoms. The van der Waals surface area contributed by atoms with Gasteiger partial charge in [-0.2, -0.15) is 0 Å². The molecule has 1 aliphatic rings. The third-order valence-electron chi connectivity index (χ3n) is 3.07. The molecule has 0 aliphatic carbocycles. The molecule has 1 amide bonds. The second-order valence-corrected chi connectivity index (χ2v) is 5.46. The monoisotopic (exact) mass is 348 g/mol. The van der Waals surface area contributed by atoms with E-state index in [2.05, 4.69) is 15.9 Å². The SMILES string of the molecule is O=C(c1ccc([N+](=O)[O-])cc1Br)N1CCCC(F)(F)C1. The lowest BCUT2D eigenvalue weighted by Gasteiger charge is -2.32. The zero-order chi connectivity index (χ0) is 14.9. The van der Waals surface area contributed by atoms with Crippen molar-refractivity contribution in [3.63, 3.8) is 0 Å². The van der Waals surface area contributed by atoms with Crippen molar-refractivity contribution in [2.75, 3.05) is 13.1 Å². The minimum Gasteiger partial charge on any atom is -0.333 e. The van der Waals surface area contributed by atoms with Gasteiger partial charge in [0.05, 0.1) is 17.0 Å². The van der Waals surface area contributed by atoms with E-state index < -0.39 is 23.3 Å². The zero-order valence-electron chi connectivity index (χ0n) is 10.3. The number of nitrogens with zero attached hydrogens (tertiary/aromatic N) is 2. The number of hydrogen-bond donors (Lipinski definition) is 0. The summed E-state index contributed by atoms with van der Waals surface area (Å²) >= 11 is 3.07. The van der Waals surface area contributed by atoms with Gasteiger partial charge < -0.3 is 4.90 Å². The van der Waals surface area contributed by atoms with Crippen molar-refractivity contribution in [2.45, 2.75) is 18.8 Å². The summed E-state index contributed by atoms with van der Waals surface area (Å²) in [5, 5.41) is 10.6. The van der Waals surface area contributed by atoms with Crippen LogP contribution in [0, 0.1) is 10.1 Å². The highest BCUT2D eigenvalue weighted by molar-refractivity contribution is 9.10. The summed E-state index contributed by atoms with van der Waals surface area (Å²) in [6, 6.07) is 3.65. The highest BCUT2D eigenvalue weighted by atomic mass is 79.9. The van der Waals surface area contributed by atoms with Crippen molar-refractivity contribution in [1.29, 1.82) is 0 Å². The quantitative estimate of drug-likeness (QED) is 0.608. The molecule has 20 heavy (non-hydrogen) atoms. The van der Waals surface area contributed by atoms with Crippen molar-refractivity contribution >= 4 is 27.5 Å². The van der Waals surface area contributed by atoms with Gasteiger partial charge in [0, 0.05) is 29.6 Å². The van der Waals surface area contributed by atoms with Crippen LogP contribution in [0.4, 0.5) is 14.5 Å². The molecule has 0 radical (unpaired) electrons. The number of likely N-dealkylation sites (tertiary alicyclic amines) is 1. The second-order valence-electron chi connectivity index (χ2n) is 4.61. The van der Waals surface area contributed by atoms with Gasteiger partial charge in [0.2, 0.25) is 0 Å². The summed E-state index contributed by atoms with van der Waals surface area (Å²) in [5.41, 5.74) is -0.0225. The molecule has 8 heteroatoms. The average molecular weight is 349 g/mol. The van der Waals surface area contributed by atoms with E-state index in [1.165, 1.54) is 18.2 Å². The summed E-state index contributed by atoms with van der Waals surface area (Å²) in [4.78, 5) is 23.3. The van der Waals surface area contributed by atoms with Gasteiger partial charge in [0.1, 0.15) is 0 Å². The van der Waals surface area contributed by atoms with Crippen LogP contribution in [0.2, 0.25) is 0 Å². The summed E-state index contributed by atoms with van der Waals surface area (Å²) in [6.45, 7) is -0.354. The summed E-state index contributed by atoms with van der Waals surface area (Å²) in [6.07, 6.45) is 0.0154. The number of nitro groups is 1. The fraction of sp³-hybridized carbons (Fsp3) is 0.417. The Morgan fingerprint density at radius 1 is 1.45 bits per heavy atom. The van der Waals surface area contributed by atoms with E-state index in [0.29, 0.717) is 0 Å². The molecule has 0 saturated carbocycles. The number of piperidine rings is 1. The molecule has 1 heterocycles. The minimum absolute atomic E-state index is 0.147. The average Bonchev–Trinajstić information content (AvgIpc) is 2.36. The van der Waals surface area contributed by atoms with Crippen LogP contribution < -0.4 is 0 Å². The van der Waals surface area contributed by atoms with Gasteiger partial charge in [-0.25, -0.2) is 8.78 Å². The number of hydrogen-bond acceptors (Lipinski definition) is 3. The minimum atomic E-state index is -2.87. The van der Waals surface area contributed by atoms with Gasteiger partial charge in [-0.15, -0.1) is 0 Å². The number of halogens is 3. The predicted octanol–water partition coefficient (Wildman–Crippen LogP) is 3.23. The normalized spacial score (nSPS) is 17.9. The highest BCUT2D eigenvalue weighted by Crippen LogP contribution is 2.29. The van der Waals surface area contributed by atoms with Crippen molar-refractivity contribution in [1.82, 2.24) is 4.90 Å². The Bertz CT molecular complexity index is 566. The first kappa shape index (κ1) is 14.8. The lowest BCUT2D eigenvalue weighted by atomic mass is 10.1. The van der Waals surface area contributed by atoms with E-state index in [0.717, 1.165) is 4.90 Å². The molecule has 0 unspecified atom stereocenters. The van der Waals surface area contributed by atoms with E-state index in [9.17, 15) is 23.7 Å². The van der Waals surface area contributed by atoms with E-state index in [4.69, 9.17) is 0 Å². The third-order valence-corrected chi connectivity index (χ3v) is 3.73. The largest absolute Gasteiger partial charge is 0.333 e. The fourth-order valence-corrected chi connectivity index (χ4v) is 2.64. The number of carbonyl (C=O) groups excluding carboxylic acids is 1. The lowest BCUT2D eigenvalue weighted by molar-refractivity contribution is -0.384. The molecule has 0 N–H and O–H groups in total. The first-order valence-electron chi connectivity index (χ1n) is 5.91. The maximum Gasteiger partial charge on any atom is 0.270 e. The molecule has 108 valence electrons. The molecule has 0 atom stereocenters. The second kappa shape index (κ2) is 5.43. The Labute approximate surface area is 121 Å². The smallest absolute Gasteiger partial charge is 0.270 e. The van der Waals surface area contributed by atoms with Gasteiger partial charge >= 0.3 is 0 Å². The summed E-state index contributed by atoms with van der Waals surface area (Å²) in [5.74, 6) is -3.42. The maximum absolute atomic E-state index is 13.3. The molecule has 1 saturated heterocycles. The van der Waals surface area contributed by atoms with Crippen molar-refractivity contribution < 1.29 is 18.5 Å². The van der Waals surface area contributed by atoms with Gasteiger partial charge in [0.25, 0.3) is 17.5 Å². The fourth-order valence-electron chi connectivity index (χ4n) is 2.10. The Kier molecular flexibility index (Phi) is 4.03. The van der Waals surface area contributed by atoms with Crippen LogP contribution >= 0.6 is 15.9 Å². The van der Waals surface area contributed by atoms with Crippen molar-refractivity contribution in [3.05, 3.63) is 38.3 Å². The number of non-ortho nitro benzene ring substituents is 1. The first-order valence-corrected chi connectivity index (χ1v) is 6.70. The predicted molar refractivity (Wildman–Crippen MR) is 70.9 cm³/mol. The molecule has 1 aromatic rings. The van der Waals surface area contributed by atoms with Crippen LogP contribution in [-0.2, 0) is 0 Å². The van der Waals surface area contributed by atoms with Crippen LogP contribution in [0.15, 0.2) is 22.7 Å². The van der Waals surface area contributed by atoms with Crippen LogP contribution in [0.5, 0.6) is 0 Å². The molecule has 5 nitrogen and oxygen atoms in total. The number of carbonyl (C=O) groups is 1. The van der Waals surface area contributed by atoms with Gasteiger partial charge in [-0.3, -0.25) is 14.9 Å². The number of nitro benzene ring substituents is 1. The van der Waals surface area contributed by atoms with E-state index >= 15 is 0 Å². The number of benzene rings is 1. The topological polar surface area (TPSA) is 63.4 Å². The van der Waals surface area contributed by atoms with E-state index in [1.54, 1.807) is 0 Å². The van der Waals surface area contributed by atoms with Gasteiger partial charge in [0.15, 0.2) is 0 Å². The molecular formula is C12H11BrF2N2O3. The van der Waals surface area contributed by atoms with Crippen LogP contribution in [0.3, 0.4) is 0 Å². The Balaban J connectivity index is 2.23. The Hall–Kier alpha value is -1.57. The van der Waals surface area contributed by atoms with Crippen LogP contribution in [0.1, 0.15) is 23.2 Å². The zero-order valence-corrected chi connectivity index (χ0v) is 11.9. The molecular weight excluding hydrogens is 338 g/mol. The summed E-state index contributed by atoms with van der Waals surface area (Å²) in [7, 11) is 0. The number of alkyl halides is 2. The van der Waals surface area contributed by atoms with E-state index in [1.807, 2.05) is 0 Å². The van der Waals surface area contributed by atoms with Crippen molar-refractivity contribution in [2.24, 2.45) is 0 Å². The first-order chi connectivity index (χ1) is 9.30. The summed E-state index contributed by atoms with van der Waals surface area (Å²) < 4.78 is 26.8. The molecule has 0 aromatic heterocycles. The molecule has 1 aliphatic heterocycles. The van der Waals surface area contributed by atoms with Crippen LogP contribution in [-0.4, -0.2) is 34.7 Å². The number of rotatable bonds is 2. The molecule has 1 fully saturated rings. The van der Waals surface area contributed by atoms with Gasteiger partial charge in [-0.05, 0) is 28.4 Å². The number of amides is 1. The Morgan fingerprint density at radius 2 is 2.15 bits per heavy atom. The lowest BCUT2D eigenvalue weighted by Crippen LogP contribution is -2.45. The van der Waals surface area contributed by atoms with Gasteiger partial charge in [-0.1, -0.05) is 0 Å². The van der Waals surface area contributed by atoms with Crippen molar-refractivity contribution in [3.8, 4) is 0 Å². The molecule has 2 rings (SSSR count). The molecule has 0 spiro atoms. The Morgan fingerprint density at radius 3 is 2.70 bits per heavy atom. The third kappa shape index (κ3) is 3.12. The molecule has 1 aromatic carbocycles. The highest BCUT2D eigenvalue weighted by Gasteiger charge is 2.37.